The molecule has 0 radical (unpaired) electrons. The van der Waals surface area contributed by atoms with E-state index in [4.69, 9.17) is 5.11 Å². The molecule has 0 saturated heterocycles. The van der Waals surface area contributed by atoms with Crippen LogP contribution in [0.2, 0.25) is 0 Å². The Bertz CT molecular complexity index is 509. The average Bonchev–Trinajstić information content (AvgIpc) is 2.29. The maximum Gasteiger partial charge on any atom is 0.264 e. The molecule has 0 spiro atoms. The van der Waals surface area contributed by atoms with Gasteiger partial charge < -0.3 is 20.1 Å². The first-order valence-corrected chi connectivity index (χ1v) is 8.73. The molecule has 0 bridgehead atoms. The molecular weight excluding hydrogens is 320 g/mol. The van der Waals surface area contributed by atoms with Crippen molar-refractivity contribution in [1.29, 1.82) is 0 Å². The summed E-state index contributed by atoms with van der Waals surface area (Å²) in [6, 6.07) is 0. The molecule has 0 aliphatic carbocycles. The third kappa shape index (κ3) is 7.84. The van der Waals surface area contributed by atoms with Gasteiger partial charge in [0.05, 0.1) is 19.1 Å². The van der Waals surface area contributed by atoms with Gasteiger partial charge in [0.2, 0.25) is 0 Å². The van der Waals surface area contributed by atoms with E-state index in [0.29, 0.717) is 12.5 Å². The fourth-order valence-corrected chi connectivity index (χ4v) is 2.15. The summed E-state index contributed by atoms with van der Waals surface area (Å²) in [6.07, 6.45) is -6.86. The lowest BCUT2D eigenvalue weighted by Crippen LogP contribution is -2.49. The lowest BCUT2D eigenvalue weighted by molar-refractivity contribution is -0.131. The number of carbonyl (C=O) groups is 1. The van der Waals surface area contributed by atoms with Gasteiger partial charge >= 0.3 is 0 Å². The van der Waals surface area contributed by atoms with Crippen LogP contribution in [0.3, 0.4) is 0 Å². The van der Waals surface area contributed by atoms with Crippen LogP contribution in [0.1, 0.15) is 0 Å². The van der Waals surface area contributed by atoms with Crippen molar-refractivity contribution in [3.05, 3.63) is 0 Å². The van der Waals surface area contributed by atoms with Crippen molar-refractivity contribution in [3.63, 3.8) is 0 Å². The summed E-state index contributed by atoms with van der Waals surface area (Å²) in [7, 11) is -8.09. The van der Waals surface area contributed by atoms with E-state index in [2.05, 4.69) is 8.37 Å². The molecule has 0 aliphatic heterocycles. The molecule has 20 heavy (non-hydrogen) atoms. The molecule has 12 heteroatoms. The van der Waals surface area contributed by atoms with Gasteiger partial charge in [-0.1, -0.05) is 0 Å². The van der Waals surface area contributed by atoms with Crippen molar-refractivity contribution in [3.8, 4) is 0 Å². The van der Waals surface area contributed by atoms with Crippen LogP contribution in [0.25, 0.3) is 0 Å². The molecule has 0 aromatic heterocycles. The van der Waals surface area contributed by atoms with Crippen molar-refractivity contribution >= 4 is 26.5 Å². The van der Waals surface area contributed by atoms with Crippen LogP contribution < -0.4 is 0 Å². The second kappa shape index (κ2) is 7.40. The Morgan fingerprint density at radius 3 is 1.90 bits per heavy atom. The van der Waals surface area contributed by atoms with E-state index in [0.717, 1.165) is 0 Å². The van der Waals surface area contributed by atoms with Gasteiger partial charge in [-0.3, -0.25) is 8.37 Å². The Labute approximate surface area is 116 Å². The maximum absolute atomic E-state index is 11.0. The zero-order valence-electron chi connectivity index (χ0n) is 10.6. The number of carbonyl (C=O) groups excluding carboxylic acids is 1. The maximum atomic E-state index is 11.0. The van der Waals surface area contributed by atoms with Gasteiger partial charge in [0.25, 0.3) is 20.2 Å². The highest BCUT2D eigenvalue weighted by atomic mass is 32.2. The second-order valence-electron chi connectivity index (χ2n) is 3.94. The van der Waals surface area contributed by atoms with Crippen molar-refractivity contribution < 1.29 is 45.3 Å². The smallest absolute Gasteiger partial charge is 0.264 e. The molecule has 4 atom stereocenters. The van der Waals surface area contributed by atoms with Gasteiger partial charge in [-0.05, 0) is 0 Å². The van der Waals surface area contributed by atoms with Crippen LogP contribution in [-0.2, 0) is 33.4 Å². The van der Waals surface area contributed by atoms with Crippen molar-refractivity contribution in [2.45, 2.75) is 24.4 Å². The lowest BCUT2D eigenvalue weighted by Gasteiger charge is -2.27. The van der Waals surface area contributed by atoms with E-state index >= 15 is 0 Å². The standard InChI is InChI=1S/C8H16O10S2/c1-19(13,14)17-4-6(11)8(18-20(2,15)16)7(12)5(10)3-9/h3,5-8,10-12H,4H2,1-2H3/t5-,6+,7+,8+/m0/s1. The predicted octanol–water partition coefficient (Wildman–Crippen LogP) is -3.41. The van der Waals surface area contributed by atoms with Crippen molar-refractivity contribution in [1.82, 2.24) is 0 Å². The first kappa shape index (κ1) is 19.4. The quantitative estimate of drug-likeness (QED) is 0.285. The zero-order chi connectivity index (χ0) is 16.1. The number of rotatable bonds is 9. The van der Waals surface area contributed by atoms with E-state index in [1.807, 2.05) is 0 Å². The van der Waals surface area contributed by atoms with Gasteiger partial charge in [0.15, 0.2) is 6.29 Å². The topological polar surface area (TPSA) is 164 Å². The molecule has 0 unspecified atom stereocenters. The molecule has 0 fully saturated rings. The molecule has 0 heterocycles. The van der Waals surface area contributed by atoms with Crippen LogP contribution in [-0.4, -0.2) is 82.0 Å². The summed E-state index contributed by atoms with van der Waals surface area (Å²) in [5.41, 5.74) is 0. The molecule has 0 aromatic rings. The zero-order valence-corrected chi connectivity index (χ0v) is 12.2. The van der Waals surface area contributed by atoms with E-state index in [1.165, 1.54) is 0 Å². The Balaban J connectivity index is 5.05. The first-order valence-electron chi connectivity index (χ1n) is 5.09. The minimum Gasteiger partial charge on any atom is -0.388 e. The van der Waals surface area contributed by atoms with Crippen LogP contribution >= 0.6 is 0 Å². The minimum atomic E-state index is -4.16. The number of aldehydes is 1. The first-order chi connectivity index (χ1) is 8.87. The van der Waals surface area contributed by atoms with Crippen LogP contribution in [0, 0.1) is 0 Å². The molecule has 0 aromatic carbocycles. The minimum absolute atomic E-state index is 0.104. The highest BCUT2D eigenvalue weighted by Crippen LogP contribution is 2.13. The molecular formula is C8H16O10S2. The number of hydrogen-bond donors (Lipinski definition) is 3. The Morgan fingerprint density at radius 1 is 1.05 bits per heavy atom. The normalized spacial score (nSPS) is 19.1. The third-order valence-electron chi connectivity index (χ3n) is 1.94. The molecule has 3 N–H and O–H groups in total. The van der Waals surface area contributed by atoms with Gasteiger partial charge in [0, 0.05) is 0 Å². The average molecular weight is 336 g/mol. The third-order valence-corrected chi connectivity index (χ3v) is 3.08. The number of aliphatic hydroxyl groups excluding tert-OH is 3. The second-order valence-corrected chi connectivity index (χ2v) is 7.18. The van der Waals surface area contributed by atoms with Gasteiger partial charge in [-0.25, -0.2) is 0 Å². The fraction of sp³-hybridized carbons (Fsp3) is 0.875. The summed E-state index contributed by atoms with van der Waals surface area (Å²) >= 11 is 0. The van der Waals surface area contributed by atoms with Crippen molar-refractivity contribution in [2.75, 3.05) is 19.1 Å². The molecule has 0 amide bonds. The van der Waals surface area contributed by atoms with Gasteiger partial charge in [0.1, 0.15) is 24.4 Å². The predicted molar refractivity (Wildman–Crippen MR) is 64.6 cm³/mol. The molecule has 0 rings (SSSR count). The van der Waals surface area contributed by atoms with E-state index < -0.39 is 51.3 Å². The van der Waals surface area contributed by atoms with Gasteiger partial charge in [-0.15, -0.1) is 0 Å². The van der Waals surface area contributed by atoms with Crippen LogP contribution in [0.4, 0.5) is 0 Å². The Morgan fingerprint density at radius 2 is 1.55 bits per heavy atom. The lowest BCUT2D eigenvalue weighted by atomic mass is 10.0. The van der Waals surface area contributed by atoms with Gasteiger partial charge in [-0.2, -0.15) is 16.8 Å². The molecule has 0 saturated carbocycles. The molecule has 10 nitrogen and oxygen atoms in total. The Hall–Kier alpha value is -0.630. The number of aliphatic hydroxyl groups is 3. The summed E-state index contributed by atoms with van der Waals surface area (Å²) in [4.78, 5) is 10.3. The van der Waals surface area contributed by atoms with Crippen LogP contribution in [0.15, 0.2) is 0 Å². The van der Waals surface area contributed by atoms with E-state index in [-0.39, 0.29) is 6.29 Å². The van der Waals surface area contributed by atoms with E-state index in [1.54, 1.807) is 0 Å². The largest absolute Gasteiger partial charge is 0.388 e. The summed E-state index contributed by atoms with van der Waals surface area (Å²) in [5, 5.41) is 28.2. The monoisotopic (exact) mass is 336 g/mol. The van der Waals surface area contributed by atoms with Crippen molar-refractivity contribution in [2.24, 2.45) is 0 Å². The summed E-state index contributed by atoms with van der Waals surface area (Å²) in [6.45, 7) is -0.929. The molecule has 120 valence electrons. The summed E-state index contributed by atoms with van der Waals surface area (Å²) < 4.78 is 52.0. The highest BCUT2D eigenvalue weighted by Gasteiger charge is 2.36. The Kier molecular flexibility index (Phi) is 7.17. The SMILES string of the molecule is CS(=O)(=O)OC[C@@H](O)[C@@H](OS(C)(=O)=O)[C@H](O)[C@@H](O)C=O. The summed E-state index contributed by atoms with van der Waals surface area (Å²) in [5.74, 6) is 0. The van der Waals surface area contributed by atoms with E-state index in [9.17, 15) is 31.8 Å². The fourth-order valence-electron chi connectivity index (χ4n) is 1.11. The molecule has 0 aliphatic rings. The van der Waals surface area contributed by atoms with Crippen LogP contribution in [0.5, 0.6) is 0 Å². The number of hydrogen-bond acceptors (Lipinski definition) is 10. The highest BCUT2D eigenvalue weighted by molar-refractivity contribution is 7.86.